The third kappa shape index (κ3) is 29.3. The van der Waals surface area contributed by atoms with Crippen molar-refractivity contribution in [1.82, 2.24) is 14.7 Å². The van der Waals surface area contributed by atoms with E-state index in [4.69, 9.17) is 38.9 Å². The van der Waals surface area contributed by atoms with E-state index in [0.717, 1.165) is 39.3 Å². The lowest BCUT2D eigenvalue weighted by molar-refractivity contribution is -0.145. The van der Waals surface area contributed by atoms with Crippen LogP contribution in [0.15, 0.2) is 91.0 Å². The Morgan fingerprint density at radius 2 is 0.835 bits per heavy atom. The number of nitrogens with zero attached hydrogens (tertiary/aromatic N) is 3. The second kappa shape index (κ2) is 38.0. The SMILES string of the molecule is C.C.C.C.CC(C)(C)OC(=O)N1CC2COCC(C1)C2O.CC(C)(C)OC(=O)OC(=O)OC(C)(C)C.NCc1ccccc1.O=C1C2COCC1CN(Cc1ccccc1)C2.O=C1CCOCC1.OC1C2COCC1CN(Cc1ccccc1)C2. The molecule has 85 heavy (non-hydrogen) atoms. The molecule has 7 aliphatic rings. The average molecular weight is 1200 g/mol. The molecule has 4 N–H and O–H groups in total. The Hall–Kier alpha value is -5.35. The molecule has 19 nitrogen and oxygen atoms in total. The first-order valence-corrected chi connectivity index (χ1v) is 28.5. The van der Waals surface area contributed by atoms with E-state index in [-0.39, 0.29) is 71.7 Å². The number of carbonyl (C=O) groups is 5. The van der Waals surface area contributed by atoms with Crippen LogP contribution in [0.5, 0.6) is 0 Å². The molecule has 6 unspecified atom stereocenters. The van der Waals surface area contributed by atoms with E-state index in [2.05, 4.69) is 63.1 Å². The number of ketones is 2. The summed E-state index contributed by atoms with van der Waals surface area (Å²) in [6, 6.07) is 31.0. The van der Waals surface area contributed by atoms with Gasteiger partial charge in [0.1, 0.15) is 28.4 Å². The third-order valence-electron chi connectivity index (χ3n) is 13.8. The van der Waals surface area contributed by atoms with Crippen molar-refractivity contribution in [2.24, 2.45) is 41.2 Å². The number of hydrogen-bond donors (Lipinski definition) is 3. The lowest BCUT2D eigenvalue weighted by Crippen LogP contribution is -2.57. The Balaban J connectivity index is 0.000000517. The van der Waals surface area contributed by atoms with Gasteiger partial charge in [-0.05, 0) is 79.0 Å². The van der Waals surface area contributed by atoms with E-state index in [9.17, 15) is 34.2 Å². The maximum atomic E-state index is 11.9. The standard InChI is InChI=1S/C14H19NO2.C14H17NO2.C12H21NO4.C10H18O5.C7H9N.C5H8O2.4CH4/c2*16-14-12-7-15(8-13(14)10-17-9-12)6-11-4-2-1-3-5-11;1-12(2,3)17-11(15)13-4-8-6-16-7-9(5-13)10(8)14;1-9(2,3)14-7(11)13-8(12)15-10(4,5)6;8-6-7-4-2-1-3-5-7;6-5-1-3-7-4-2-5;;;;/h1-5,12-14,16H,6-10H2;1-5,12-13H,6-10H2;8-10,14H,4-7H2,1-3H3;1-6H3;1-5H,6,8H2;1-4H2;4*1H4. The topological polar surface area (TPSA) is 235 Å². The number of ether oxygens (including phenoxy) is 8. The number of aliphatic hydroxyl groups excluding tert-OH is 2. The highest BCUT2D eigenvalue weighted by Crippen LogP contribution is 2.30. The summed E-state index contributed by atoms with van der Waals surface area (Å²) in [4.78, 5) is 62.8. The van der Waals surface area contributed by atoms with E-state index in [1.54, 1.807) is 46.4 Å². The van der Waals surface area contributed by atoms with Crippen molar-refractivity contribution in [1.29, 1.82) is 0 Å². The van der Waals surface area contributed by atoms with Gasteiger partial charge in [-0.15, -0.1) is 0 Å². The zero-order valence-electron chi connectivity index (χ0n) is 49.3. The van der Waals surface area contributed by atoms with Gasteiger partial charge in [0.2, 0.25) is 0 Å². The van der Waals surface area contributed by atoms with Gasteiger partial charge in [-0.3, -0.25) is 19.4 Å². The molecule has 7 fully saturated rings. The Bertz CT molecular complexity index is 2280. The molecule has 1 amide bonds. The predicted molar refractivity (Wildman–Crippen MR) is 332 cm³/mol. The van der Waals surface area contributed by atoms with Crippen molar-refractivity contribution in [3.8, 4) is 0 Å². The van der Waals surface area contributed by atoms with Crippen LogP contribution >= 0.6 is 0 Å². The largest absolute Gasteiger partial charge is 0.519 e. The fraction of sp³-hybridized carbons (Fsp3) is 0.652. The summed E-state index contributed by atoms with van der Waals surface area (Å²) in [6.07, 6.45) is -1.66. The number of rotatable bonds is 5. The molecule has 7 aliphatic heterocycles. The molecule has 0 aliphatic carbocycles. The van der Waals surface area contributed by atoms with Gasteiger partial charge in [0.15, 0.2) is 0 Å². The molecule has 0 aromatic heterocycles. The first-order valence-electron chi connectivity index (χ1n) is 28.5. The summed E-state index contributed by atoms with van der Waals surface area (Å²) < 4.78 is 40.4. The van der Waals surface area contributed by atoms with Gasteiger partial charge in [-0.2, -0.15) is 0 Å². The van der Waals surface area contributed by atoms with E-state index in [1.807, 2.05) is 63.2 Å². The van der Waals surface area contributed by atoms with Crippen LogP contribution < -0.4 is 5.73 Å². The highest BCUT2D eigenvalue weighted by molar-refractivity contribution is 5.85. The lowest BCUT2D eigenvalue weighted by atomic mass is 9.84. The average Bonchev–Trinajstić information content (AvgIpc) is 2.81. The van der Waals surface area contributed by atoms with Gasteiger partial charge in [0.25, 0.3) is 0 Å². The fourth-order valence-electron chi connectivity index (χ4n) is 10.0. The Morgan fingerprint density at radius 3 is 1.16 bits per heavy atom. The minimum absolute atomic E-state index is 0. The maximum Gasteiger partial charge on any atom is 0.519 e. The van der Waals surface area contributed by atoms with E-state index < -0.39 is 29.1 Å². The predicted octanol–water partition coefficient (Wildman–Crippen LogP) is 10.2. The van der Waals surface area contributed by atoms with Crippen molar-refractivity contribution >= 4 is 30.0 Å². The van der Waals surface area contributed by atoms with Gasteiger partial charge in [0, 0.05) is 95.4 Å². The van der Waals surface area contributed by atoms with Crippen LogP contribution in [0.1, 0.15) is 122 Å². The number of benzene rings is 3. The number of fused-ring (bicyclic) bond motifs is 6. The van der Waals surface area contributed by atoms with E-state index in [1.165, 1.54) is 16.7 Å². The van der Waals surface area contributed by atoms with Gasteiger partial charge in [0.05, 0.1) is 76.9 Å². The molecule has 0 radical (unpaired) electrons. The maximum absolute atomic E-state index is 11.9. The quantitative estimate of drug-likeness (QED) is 0.122. The summed E-state index contributed by atoms with van der Waals surface area (Å²) in [5.74, 6) is 1.60. The molecule has 482 valence electrons. The molecule has 7 saturated heterocycles. The smallest absolute Gasteiger partial charge is 0.444 e. The van der Waals surface area contributed by atoms with Crippen molar-refractivity contribution in [2.75, 3.05) is 92.1 Å². The number of carbonyl (C=O) groups excluding carboxylic acids is 5. The molecule has 19 heteroatoms. The van der Waals surface area contributed by atoms with Crippen molar-refractivity contribution in [3.05, 3.63) is 108 Å². The number of hydrogen-bond acceptors (Lipinski definition) is 18. The Labute approximate surface area is 509 Å². The van der Waals surface area contributed by atoms with Crippen molar-refractivity contribution < 1.29 is 72.1 Å². The molecular weight excluding hydrogens is 1090 g/mol. The fourth-order valence-corrected chi connectivity index (χ4v) is 10.0. The van der Waals surface area contributed by atoms with E-state index in [0.29, 0.717) is 109 Å². The summed E-state index contributed by atoms with van der Waals surface area (Å²) >= 11 is 0. The van der Waals surface area contributed by atoms with Crippen LogP contribution in [-0.4, -0.2) is 176 Å². The molecular formula is C66H108N4O15. The number of piperidine rings is 3. The molecule has 3 aromatic carbocycles. The van der Waals surface area contributed by atoms with Gasteiger partial charge in [-0.1, -0.05) is 121 Å². The van der Waals surface area contributed by atoms with Crippen LogP contribution in [0.2, 0.25) is 0 Å². The van der Waals surface area contributed by atoms with Crippen molar-refractivity contribution in [2.45, 2.75) is 154 Å². The monoisotopic (exact) mass is 1200 g/mol. The normalized spacial score (nSPS) is 24.1. The molecule has 7 heterocycles. The number of nitrogens with two attached hydrogens (primary N) is 1. The lowest BCUT2D eigenvalue weighted by Gasteiger charge is -2.44. The van der Waals surface area contributed by atoms with E-state index >= 15 is 0 Å². The molecule has 6 bridgehead atoms. The third-order valence-corrected chi connectivity index (χ3v) is 13.8. The van der Waals surface area contributed by atoms with Crippen molar-refractivity contribution in [3.63, 3.8) is 0 Å². The molecule has 3 aromatic rings. The van der Waals surface area contributed by atoms with Gasteiger partial charge in [-0.25, -0.2) is 14.4 Å². The molecule has 0 spiro atoms. The minimum atomic E-state index is -1.06. The highest BCUT2D eigenvalue weighted by atomic mass is 16.8. The van der Waals surface area contributed by atoms with Crippen LogP contribution in [0.4, 0.5) is 14.4 Å². The minimum Gasteiger partial charge on any atom is -0.444 e. The first-order chi connectivity index (χ1) is 38.3. The van der Waals surface area contributed by atoms with Gasteiger partial charge < -0.3 is 58.7 Å². The van der Waals surface area contributed by atoms with Gasteiger partial charge >= 0.3 is 18.4 Å². The summed E-state index contributed by atoms with van der Waals surface area (Å²) in [5, 5.41) is 20.0. The Kier molecular flexibility index (Phi) is 34.8. The zero-order valence-corrected chi connectivity index (χ0v) is 49.3. The molecule has 10 rings (SSSR count). The number of aliphatic hydroxyl groups is 2. The zero-order chi connectivity index (χ0) is 59.2. The second-order valence-electron chi connectivity index (χ2n) is 24.5. The number of amides is 1. The Morgan fingerprint density at radius 1 is 0.494 bits per heavy atom. The summed E-state index contributed by atoms with van der Waals surface area (Å²) in [6.45, 7) is 27.8. The summed E-state index contributed by atoms with van der Waals surface area (Å²) in [5.41, 5.74) is 7.34. The summed E-state index contributed by atoms with van der Waals surface area (Å²) in [7, 11) is 0. The second-order valence-corrected chi connectivity index (χ2v) is 24.5. The highest BCUT2D eigenvalue weighted by Gasteiger charge is 2.43. The molecule has 0 saturated carbocycles. The number of likely N-dealkylation sites (tertiary alicyclic amines) is 3. The number of Topliss-reactive ketones (excluding diaryl/α,β-unsaturated/α-hetero) is 2. The molecule has 6 atom stereocenters. The first kappa shape index (κ1) is 77.7. The van der Waals surface area contributed by atoms with Crippen LogP contribution in [0.3, 0.4) is 0 Å². The van der Waals surface area contributed by atoms with Crippen LogP contribution in [-0.2, 0) is 67.1 Å². The van der Waals surface area contributed by atoms with Crippen LogP contribution in [0.25, 0.3) is 0 Å². The van der Waals surface area contributed by atoms with Crippen LogP contribution in [0, 0.1) is 35.5 Å².